The molecular weight excluding hydrogens is 200 g/mol. The molecule has 0 aromatic heterocycles. The molecule has 2 N–H and O–H groups in total. The Kier molecular flexibility index (Phi) is 4.36. The standard InChI is InChI=1S/C13H26N2O/c1-6-9(2)14-12(16)10(3)15-13(4,5)11-7-8-11/h9-11,15H,6-8H2,1-5H3,(H,14,16). The molecule has 1 saturated carbocycles. The van der Waals surface area contributed by atoms with Crippen LogP contribution in [0.5, 0.6) is 0 Å². The van der Waals surface area contributed by atoms with Gasteiger partial charge >= 0.3 is 0 Å². The Morgan fingerprint density at radius 2 is 1.94 bits per heavy atom. The van der Waals surface area contributed by atoms with E-state index in [-0.39, 0.29) is 23.5 Å². The molecule has 0 bridgehead atoms. The largest absolute Gasteiger partial charge is 0.352 e. The molecule has 0 heterocycles. The van der Waals surface area contributed by atoms with Gasteiger partial charge < -0.3 is 10.6 Å². The summed E-state index contributed by atoms with van der Waals surface area (Å²) in [7, 11) is 0. The second-order valence-corrected chi connectivity index (χ2v) is 5.68. The summed E-state index contributed by atoms with van der Waals surface area (Å²) in [6.07, 6.45) is 3.56. The van der Waals surface area contributed by atoms with Crippen LogP contribution in [0.15, 0.2) is 0 Å². The minimum absolute atomic E-state index is 0.0895. The molecule has 2 atom stereocenters. The summed E-state index contributed by atoms with van der Waals surface area (Å²) in [5, 5.41) is 6.45. The van der Waals surface area contributed by atoms with Gasteiger partial charge in [0.1, 0.15) is 0 Å². The lowest BCUT2D eigenvalue weighted by atomic mass is 9.97. The third kappa shape index (κ3) is 3.78. The van der Waals surface area contributed by atoms with E-state index in [1.807, 2.05) is 13.8 Å². The maximum Gasteiger partial charge on any atom is 0.237 e. The number of nitrogens with one attached hydrogen (secondary N) is 2. The summed E-state index contributed by atoms with van der Waals surface area (Å²) in [6.45, 7) is 10.4. The Bertz CT molecular complexity index is 246. The van der Waals surface area contributed by atoms with E-state index in [0.29, 0.717) is 0 Å². The molecule has 1 aliphatic carbocycles. The number of hydrogen-bond donors (Lipinski definition) is 2. The molecule has 1 aliphatic rings. The molecule has 2 unspecified atom stereocenters. The van der Waals surface area contributed by atoms with Crippen LogP contribution in [0.3, 0.4) is 0 Å². The van der Waals surface area contributed by atoms with Gasteiger partial charge in [0.05, 0.1) is 6.04 Å². The number of carbonyl (C=O) groups is 1. The topological polar surface area (TPSA) is 41.1 Å². The summed E-state index contributed by atoms with van der Waals surface area (Å²) < 4.78 is 0. The van der Waals surface area contributed by atoms with Crippen LogP contribution in [-0.2, 0) is 4.79 Å². The van der Waals surface area contributed by atoms with Gasteiger partial charge in [-0.25, -0.2) is 0 Å². The Balaban J connectivity index is 2.38. The summed E-state index contributed by atoms with van der Waals surface area (Å²) >= 11 is 0. The third-order valence-corrected chi connectivity index (χ3v) is 3.58. The van der Waals surface area contributed by atoms with Gasteiger partial charge in [-0.1, -0.05) is 6.92 Å². The van der Waals surface area contributed by atoms with Crippen molar-refractivity contribution in [1.29, 1.82) is 0 Å². The van der Waals surface area contributed by atoms with Gasteiger partial charge in [-0.2, -0.15) is 0 Å². The average Bonchev–Trinajstić information content (AvgIpc) is 2.99. The van der Waals surface area contributed by atoms with Crippen molar-refractivity contribution in [2.45, 2.75) is 71.5 Å². The normalized spacial score (nSPS) is 20.3. The van der Waals surface area contributed by atoms with Crippen LogP contribution in [-0.4, -0.2) is 23.5 Å². The van der Waals surface area contributed by atoms with Gasteiger partial charge in [-0.15, -0.1) is 0 Å². The van der Waals surface area contributed by atoms with Crippen LogP contribution in [0, 0.1) is 5.92 Å². The minimum Gasteiger partial charge on any atom is -0.352 e. The molecule has 0 spiro atoms. The van der Waals surface area contributed by atoms with Crippen LogP contribution < -0.4 is 10.6 Å². The molecule has 94 valence electrons. The molecular formula is C13H26N2O. The molecule has 0 aromatic carbocycles. The zero-order valence-electron chi connectivity index (χ0n) is 11.3. The van der Waals surface area contributed by atoms with Gasteiger partial charge in [-0.05, 0) is 52.9 Å². The molecule has 0 aliphatic heterocycles. The van der Waals surface area contributed by atoms with E-state index >= 15 is 0 Å². The third-order valence-electron chi connectivity index (χ3n) is 3.58. The van der Waals surface area contributed by atoms with Crippen molar-refractivity contribution < 1.29 is 4.79 Å². The summed E-state index contributed by atoms with van der Waals surface area (Å²) in [5.41, 5.74) is 0.0895. The lowest BCUT2D eigenvalue weighted by Crippen LogP contribution is -2.53. The van der Waals surface area contributed by atoms with E-state index < -0.39 is 0 Å². The Hall–Kier alpha value is -0.570. The van der Waals surface area contributed by atoms with E-state index in [1.54, 1.807) is 0 Å². The Morgan fingerprint density at radius 3 is 2.38 bits per heavy atom. The van der Waals surface area contributed by atoms with Crippen LogP contribution >= 0.6 is 0 Å². The number of amides is 1. The number of carbonyl (C=O) groups excluding carboxylic acids is 1. The first-order chi connectivity index (χ1) is 7.36. The van der Waals surface area contributed by atoms with Gasteiger partial charge in [0.25, 0.3) is 0 Å². The van der Waals surface area contributed by atoms with E-state index in [2.05, 4.69) is 31.4 Å². The molecule has 1 amide bonds. The Morgan fingerprint density at radius 1 is 1.38 bits per heavy atom. The zero-order chi connectivity index (χ0) is 12.3. The highest BCUT2D eigenvalue weighted by Gasteiger charge is 2.39. The van der Waals surface area contributed by atoms with E-state index in [1.165, 1.54) is 12.8 Å². The second kappa shape index (κ2) is 5.17. The molecule has 1 rings (SSSR count). The maximum atomic E-state index is 11.9. The zero-order valence-corrected chi connectivity index (χ0v) is 11.3. The maximum absolute atomic E-state index is 11.9. The van der Waals surface area contributed by atoms with Crippen LogP contribution in [0.4, 0.5) is 0 Å². The molecule has 1 fully saturated rings. The highest BCUT2D eigenvalue weighted by atomic mass is 16.2. The smallest absolute Gasteiger partial charge is 0.237 e. The fourth-order valence-corrected chi connectivity index (χ4v) is 2.02. The van der Waals surface area contributed by atoms with E-state index in [0.717, 1.165) is 12.3 Å². The molecule has 3 heteroatoms. The van der Waals surface area contributed by atoms with Gasteiger partial charge in [0.2, 0.25) is 5.91 Å². The van der Waals surface area contributed by atoms with Crippen molar-refractivity contribution in [2.24, 2.45) is 5.92 Å². The van der Waals surface area contributed by atoms with Gasteiger partial charge in [0.15, 0.2) is 0 Å². The molecule has 0 radical (unpaired) electrons. The first-order valence-electron chi connectivity index (χ1n) is 6.45. The highest BCUT2D eigenvalue weighted by Crippen LogP contribution is 2.39. The second-order valence-electron chi connectivity index (χ2n) is 5.68. The van der Waals surface area contributed by atoms with Crippen molar-refractivity contribution in [3.8, 4) is 0 Å². The summed E-state index contributed by atoms with van der Waals surface area (Å²) in [4.78, 5) is 11.9. The van der Waals surface area contributed by atoms with Crippen LogP contribution in [0.1, 0.15) is 53.9 Å². The number of rotatable bonds is 6. The number of hydrogen-bond acceptors (Lipinski definition) is 2. The molecule has 16 heavy (non-hydrogen) atoms. The minimum atomic E-state index is -0.107. The molecule has 0 aromatic rings. The van der Waals surface area contributed by atoms with E-state index in [4.69, 9.17) is 0 Å². The van der Waals surface area contributed by atoms with Crippen molar-refractivity contribution in [1.82, 2.24) is 10.6 Å². The lowest BCUT2D eigenvalue weighted by molar-refractivity contribution is -0.123. The van der Waals surface area contributed by atoms with Gasteiger partial charge in [0, 0.05) is 11.6 Å². The predicted octanol–water partition coefficient (Wildman–Crippen LogP) is 2.07. The SMILES string of the molecule is CCC(C)NC(=O)C(C)NC(C)(C)C1CC1. The van der Waals surface area contributed by atoms with Crippen molar-refractivity contribution in [2.75, 3.05) is 0 Å². The quantitative estimate of drug-likeness (QED) is 0.728. The average molecular weight is 226 g/mol. The summed E-state index contributed by atoms with van der Waals surface area (Å²) in [6, 6.07) is 0.158. The summed E-state index contributed by atoms with van der Waals surface area (Å²) in [5.74, 6) is 0.856. The highest BCUT2D eigenvalue weighted by molar-refractivity contribution is 5.81. The Labute approximate surface area is 99.4 Å². The fourth-order valence-electron chi connectivity index (χ4n) is 2.02. The molecule has 3 nitrogen and oxygen atoms in total. The monoisotopic (exact) mass is 226 g/mol. The van der Waals surface area contributed by atoms with Crippen molar-refractivity contribution in [3.05, 3.63) is 0 Å². The fraction of sp³-hybridized carbons (Fsp3) is 0.923. The van der Waals surface area contributed by atoms with Crippen molar-refractivity contribution in [3.63, 3.8) is 0 Å². The predicted molar refractivity (Wildman–Crippen MR) is 67.3 cm³/mol. The van der Waals surface area contributed by atoms with Crippen LogP contribution in [0.2, 0.25) is 0 Å². The molecule has 0 saturated heterocycles. The lowest BCUT2D eigenvalue weighted by Gasteiger charge is -2.30. The van der Waals surface area contributed by atoms with Crippen LogP contribution in [0.25, 0.3) is 0 Å². The van der Waals surface area contributed by atoms with E-state index in [9.17, 15) is 4.79 Å². The first kappa shape index (κ1) is 13.5. The van der Waals surface area contributed by atoms with Gasteiger partial charge in [-0.3, -0.25) is 4.79 Å². The van der Waals surface area contributed by atoms with Crippen molar-refractivity contribution >= 4 is 5.91 Å². The first-order valence-corrected chi connectivity index (χ1v) is 6.45.